The first kappa shape index (κ1) is 18.1. The second-order valence-electron chi connectivity index (χ2n) is 6.19. The Labute approximate surface area is 152 Å². The Hall–Kier alpha value is -2.73. The Balaban J connectivity index is 1.78. The van der Waals surface area contributed by atoms with Crippen LogP contribution < -0.4 is 15.1 Å². The van der Waals surface area contributed by atoms with E-state index in [2.05, 4.69) is 6.92 Å². The topological polar surface area (TPSA) is 72.4 Å². The highest BCUT2D eigenvalue weighted by Gasteiger charge is 2.14. The van der Waals surface area contributed by atoms with Crippen LogP contribution in [0.15, 0.2) is 48.5 Å². The number of aliphatic hydroxyl groups excluding tert-OH is 1. The summed E-state index contributed by atoms with van der Waals surface area (Å²) in [7, 11) is 1.59. The van der Waals surface area contributed by atoms with E-state index in [1.165, 1.54) is 0 Å². The lowest BCUT2D eigenvalue weighted by Gasteiger charge is -2.15. The van der Waals surface area contributed by atoms with Gasteiger partial charge < -0.3 is 23.7 Å². The average Bonchev–Trinajstić information content (AvgIpc) is 2.93. The highest BCUT2D eigenvalue weighted by Crippen LogP contribution is 2.25. The van der Waals surface area contributed by atoms with Crippen LogP contribution in [0.1, 0.15) is 13.3 Å². The molecule has 2 N–H and O–H groups in total. The summed E-state index contributed by atoms with van der Waals surface area (Å²) in [6.45, 7) is 3.29. The molecular formula is C20H25N3O3. The number of aliphatic hydroxyl groups is 1. The number of rotatable bonds is 8. The van der Waals surface area contributed by atoms with Gasteiger partial charge in [0.15, 0.2) is 11.5 Å². The van der Waals surface area contributed by atoms with Crippen LogP contribution in [-0.4, -0.2) is 34.1 Å². The molecular weight excluding hydrogens is 330 g/mol. The second kappa shape index (κ2) is 8.10. The van der Waals surface area contributed by atoms with Crippen LogP contribution >= 0.6 is 0 Å². The average molecular weight is 355 g/mol. The fourth-order valence-electron chi connectivity index (χ4n) is 3.12. The zero-order chi connectivity index (χ0) is 18.5. The lowest BCUT2D eigenvalue weighted by atomic mass is 10.3. The molecule has 138 valence electrons. The van der Waals surface area contributed by atoms with Crippen LogP contribution in [0, 0.1) is 5.41 Å². The summed E-state index contributed by atoms with van der Waals surface area (Å²) < 4.78 is 14.8. The van der Waals surface area contributed by atoms with Gasteiger partial charge in [-0.3, -0.25) is 5.41 Å². The van der Waals surface area contributed by atoms with E-state index in [0.717, 1.165) is 24.0 Å². The van der Waals surface area contributed by atoms with Gasteiger partial charge in [0.1, 0.15) is 12.7 Å². The van der Waals surface area contributed by atoms with Crippen LogP contribution in [0.25, 0.3) is 11.0 Å². The first-order valence-corrected chi connectivity index (χ1v) is 8.82. The molecule has 0 bridgehead atoms. The summed E-state index contributed by atoms with van der Waals surface area (Å²) >= 11 is 0. The number of ether oxygens (including phenoxy) is 2. The summed E-state index contributed by atoms with van der Waals surface area (Å²) in [5.74, 6) is 1.23. The van der Waals surface area contributed by atoms with Gasteiger partial charge >= 0.3 is 0 Å². The zero-order valence-electron chi connectivity index (χ0n) is 15.2. The van der Waals surface area contributed by atoms with Gasteiger partial charge in [-0.1, -0.05) is 31.2 Å². The third kappa shape index (κ3) is 3.60. The Bertz CT molecular complexity index is 929. The lowest BCUT2D eigenvalue weighted by molar-refractivity contribution is 0.0906. The number of aromatic nitrogens is 2. The number of fused-ring (bicyclic) bond motifs is 1. The maximum Gasteiger partial charge on any atom is 0.203 e. The van der Waals surface area contributed by atoms with Crippen molar-refractivity contribution < 1.29 is 14.6 Å². The number of hydrogen-bond donors (Lipinski definition) is 2. The minimum absolute atomic E-state index is 0.125. The zero-order valence-corrected chi connectivity index (χ0v) is 15.2. The normalized spacial score (nSPS) is 12.3. The smallest absolute Gasteiger partial charge is 0.203 e. The van der Waals surface area contributed by atoms with Gasteiger partial charge in [-0.15, -0.1) is 0 Å². The summed E-state index contributed by atoms with van der Waals surface area (Å²) in [4.78, 5) is 0. The number of imidazole rings is 1. The lowest BCUT2D eigenvalue weighted by Crippen LogP contribution is -2.31. The number of aryl methyl sites for hydroxylation is 1. The molecule has 0 spiro atoms. The van der Waals surface area contributed by atoms with E-state index in [-0.39, 0.29) is 6.61 Å². The molecule has 0 aliphatic carbocycles. The highest BCUT2D eigenvalue weighted by molar-refractivity contribution is 5.75. The van der Waals surface area contributed by atoms with E-state index in [0.29, 0.717) is 23.7 Å². The fourth-order valence-corrected chi connectivity index (χ4v) is 3.12. The molecule has 0 saturated heterocycles. The SMILES string of the molecule is CCCn1c(=N)n(CC(O)COc2ccccc2OC)c2ccccc21. The van der Waals surface area contributed by atoms with Crippen molar-refractivity contribution in [3.8, 4) is 11.5 Å². The third-order valence-corrected chi connectivity index (χ3v) is 4.32. The van der Waals surface area contributed by atoms with Gasteiger partial charge in [0.25, 0.3) is 0 Å². The van der Waals surface area contributed by atoms with Gasteiger partial charge in [0.05, 0.1) is 24.7 Å². The molecule has 3 rings (SSSR count). The molecule has 0 amide bonds. The van der Waals surface area contributed by atoms with Crippen molar-refractivity contribution in [2.45, 2.75) is 32.5 Å². The Morgan fingerprint density at radius 1 is 1.00 bits per heavy atom. The monoisotopic (exact) mass is 355 g/mol. The van der Waals surface area contributed by atoms with Crippen molar-refractivity contribution in [2.75, 3.05) is 13.7 Å². The number of hydrogen-bond acceptors (Lipinski definition) is 4. The van der Waals surface area contributed by atoms with Crippen molar-refractivity contribution in [3.63, 3.8) is 0 Å². The maximum atomic E-state index is 10.5. The summed E-state index contributed by atoms with van der Waals surface area (Å²) in [5, 5.41) is 19.0. The van der Waals surface area contributed by atoms with E-state index in [1.54, 1.807) is 7.11 Å². The van der Waals surface area contributed by atoms with E-state index < -0.39 is 6.10 Å². The quantitative estimate of drug-likeness (QED) is 0.653. The van der Waals surface area contributed by atoms with Crippen molar-refractivity contribution in [3.05, 3.63) is 54.1 Å². The van der Waals surface area contributed by atoms with Crippen LogP contribution in [0.2, 0.25) is 0 Å². The summed E-state index contributed by atoms with van der Waals surface area (Å²) in [6, 6.07) is 15.3. The molecule has 1 heterocycles. The number of nitrogens with one attached hydrogen (secondary N) is 1. The number of methoxy groups -OCH3 is 1. The van der Waals surface area contributed by atoms with Gasteiger partial charge in [0, 0.05) is 6.54 Å². The first-order chi connectivity index (χ1) is 12.7. The molecule has 0 fully saturated rings. The Kier molecular flexibility index (Phi) is 5.63. The molecule has 1 unspecified atom stereocenters. The third-order valence-electron chi connectivity index (χ3n) is 4.32. The highest BCUT2D eigenvalue weighted by atomic mass is 16.5. The van der Waals surface area contributed by atoms with Crippen LogP contribution in [0.5, 0.6) is 11.5 Å². The minimum Gasteiger partial charge on any atom is -0.493 e. The van der Waals surface area contributed by atoms with Gasteiger partial charge in [0.2, 0.25) is 5.62 Å². The van der Waals surface area contributed by atoms with Gasteiger partial charge in [-0.05, 0) is 30.7 Å². The predicted molar refractivity (Wildman–Crippen MR) is 101 cm³/mol. The van der Waals surface area contributed by atoms with Crippen LogP contribution in [0.4, 0.5) is 0 Å². The standard InChI is InChI=1S/C20H25N3O3/c1-3-12-22-16-8-4-5-9-17(16)23(20(22)21)13-15(24)14-26-19-11-7-6-10-18(19)25-2/h4-11,15,21,24H,3,12-14H2,1-2H3. The Morgan fingerprint density at radius 3 is 2.27 bits per heavy atom. The molecule has 1 aromatic heterocycles. The Morgan fingerprint density at radius 2 is 1.62 bits per heavy atom. The second-order valence-corrected chi connectivity index (χ2v) is 6.19. The summed E-state index contributed by atoms with van der Waals surface area (Å²) in [6.07, 6.45) is 0.208. The van der Waals surface area contributed by atoms with E-state index in [1.807, 2.05) is 57.7 Å². The molecule has 26 heavy (non-hydrogen) atoms. The van der Waals surface area contributed by atoms with Crippen molar-refractivity contribution in [1.82, 2.24) is 9.13 Å². The molecule has 0 aliphatic heterocycles. The molecule has 1 atom stereocenters. The molecule has 6 nitrogen and oxygen atoms in total. The molecule has 0 aliphatic rings. The first-order valence-electron chi connectivity index (χ1n) is 8.82. The van der Waals surface area contributed by atoms with Crippen molar-refractivity contribution in [1.29, 1.82) is 5.41 Å². The van der Waals surface area contributed by atoms with Crippen LogP contribution in [0.3, 0.4) is 0 Å². The summed E-state index contributed by atoms with van der Waals surface area (Å²) in [5.41, 5.74) is 2.35. The van der Waals surface area contributed by atoms with Crippen molar-refractivity contribution in [2.24, 2.45) is 0 Å². The van der Waals surface area contributed by atoms with Gasteiger partial charge in [-0.25, -0.2) is 0 Å². The minimum atomic E-state index is -0.741. The number of benzene rings is 2. The van der Waals surface area contributed by atoms with E-state index >= 15 is 0 Å². The largest absolute Gasteiger partial charge is 0.493 e. The van der Waals surface area contributed by atoms with Gasteiger partial charge in [-0.2, -0.15) is 0 Å². The van der Waals surface area contributed by atoms with Crippen molar-refractivity contribution >= 4 is 11.0 Å². The molecule has 0 radical (unpaired) electrons. The van der Waals surface area contributed by atoms with E-state index in [9.17, 15) is 5.11 Å². The molecule has 3 aromatic rings. The maximum absolute atomic E-state index is 10.5. The molecule has 6 heteroatoms. The number of nitrogens with zero attached hydrogens (tertiary/aromatic N) is 2. The van der Waals surface area contributed by atoms with E-state index in [4.69, 9.17) is 14.9 Å². The fraction of sp³-hybridized carbons (Fsp3) is 0.350. The number of para-hydroxylation sites is 4. The molecule has 0 saturated carbocycles. The predicted octanol–water partition coefficient (Wildman–Crippen LogP) is 2.78. The van der Waals surface area contributed by atoms with Crippen LogP contribution in [-0.2, 0) is 13.1 Å². The molecule has 2 aromatic carbocycles.